The SMILES string of the molecule is CNC(=O)c1ccccn1.[HH]. The van der Waals surface area contributed by atoms with Gasteiger partial charge in [-0.1, -0.05) is 6.07 Å². The van der Waals surface area contributed by atoms with Crippen LogP contribution in [-0.2, 0) is 0 Å². The maximum atomic E-state index is 10.8. The molecule has 3 heteroatoms. The van der Waals surface area contributed by atoms with Crippen molar-refractivity contribution in [1.29, 1.82) is 0 Å². The highest BCUT2D eigenvalue weighted by Gasteiger charge is 1.99. The van der Waals surface area contributed by atoms with Gasteiger partial charge in [0.2, 0.25) is 0 Å². The fourth-order valence-electron chi connectivity index (χ4n) is 0.625. The van der Waals surface area contributed by atoms with E-state index in [1.54, 1.807) is 31.4 Å². The lowest BCUT2D eigenvalue weighted by Crippen LogP contribution is -2.18. The van der Waals surface area contributed by atoms with E-state index in [1.807, 2.05) is 0 Å². The second-order valence-electron chi connectivity index (χ2n) is 1.79. The van der Waals surface area contributed by atoms with E-state index in [0.717, 1.165) is 0 Å². The Morgan fingerprint density at radius 1 is 1.70 bits per heavy atom. The molecular formula is C7H10N2O. The summed E-state index contributed by atoms with van der Waals surface area (Å²) < 4.78 is 0. The van der Waals surface area contributed by atoms with Crippen LogP contribution >= 0.6 is 0 Å². The Morgan fingerprint density at radius 2 is 2.50 bits per heavy atom. The third kappa shape index (κ3) is 1.31. The van der Waals surface area contributed by atoms with Crippen LogP contribution in [0, 0.1) is 0 Å². The summed E-state index contributed by atoms with van der Waals surface area (Å²) in [6, 6.07) is 5.21. The van der Waals surface area contributed by atoms with E-state index in [2.05, 4.69) is 10.3 Å². The molecule has 1 rings (SSSR count). The second-order valence-corrected chi connectivity index (χ2v) is 1.79. The average molecular weight is 138 g/mol. The molecule has 10 heavy (non-hydrogen) atoms. The first-order valence-electron chi connectivity index (χ1n) is 2.97. The van der Waals surface area contributed by atoms with Crippen LogP contribution in [0.15, 0.2) is 24.4 Å². The predicted molar refractivity (Wildman–Crippen MR) is 39.7 cm³/mol. The standard InChI is InChI=1S/C7H8N2O.H2/c1-8-7(10)6-4-2-3-5-9-6;/h2-5H,1H3,(H,8,10);1H. The molecule has 1 N–H and O–H groups in total. The molecule has 0 unspecified atom stereocenters. The van der Waals surface area contributed by atoms with Crippen molar-refractivity contribution in [2.24, 2.45) is 0 Å². The van der Waals surface area contributed by atoms with Crippen LogP contribution in [0.3, 0.4) is 0 Å². The minimum atomic E-state index is -0.152. The summed E-state index contributed by atoms with van der Waals surface area (Å²) in [7, 11) is 1.58. The molecule has 0 spiro atoms. The number of aromatic nitrogens is 1. The molecule has 0 atom stereocenters. The third-order valence-corrected chi connectivity index (χ3v) is 1.12. The van der Waals surface area contributed by atoms with Gasteiger partial charge in [0.15, 0.2) is 0 Å². The first-order valence-corrected chi connectivity index (χ1v) is 2.97. The summed E-state index contributed by atoms with van der Waals surface area (Å²) in [6.45, 7) is 0. The molecule has 0 saturated heterocycles. The number of nitrogens with one attached hydrogen (secondary N) is 1. The molecule has 1 aromatic heterocycles. The van der Waals surface area contributed by atoms with Crippen molar-refractivity contribution in [1.82, 2.24) is 10.3 Å². The average Bonchev–Trinajstić information content (AvgIpc) is 2.05. The van der Waals surface area contributed by atoms with Crippen LogP contribution in [-0.4, -0.2) is 17.9 Å². The van der Waals surface area contributed by atoms with E-state index in [-0.39, 0.29) is 7.33 Å². The van der Waals surface area contributed by atoms with Gasteiger partial charge in [-0.2, -0.15) is 0 Å². The molecule has 1 aromatic rings. The van der Waals surface area contributed by atoms with Crippen molar-refractivity contribution in [3.63, 3.8) is 0 Å². The molecule has 3 nitrogen and oxygen atoms in total. The summed E-state index contributed by atoms with van der Waals surface area (Å²) in [5, 5.41) is 2.48. The number of rotatable bonds is 1. The largest absolute Gasteiger partial charge is 0.354 e. The van der Waals surface area contributed by atoms with Gasteiger partial charge in [0.05, 0.1) is 0 Å². The predicted octanol–water partition coefficient (Wildman–Crippen LogP) is 0.687. The Kier molecular flexibility index (Phi) is 1.99. The lowest BCUT2D eigenvalue weighted by Gasteiger charge is -1.94. The van der Waals surface area contributed by atoms with Crippen LogP contribution in [0.5, 0.6) is 0 Å². The topological polar surface area (TPSA) is 42.0 Å². The summed E-state index contributed by atoms with van der Waals surface area (Å²) in [6.07, 6.45) is 1.59. The molecule has 0 aliphatic heterocycles. The van der Waals surface area contributed by atoms with Crippen molar-refractivity contribution in [3.05, 3.63) is 30.1 Å². The summed E-state index contributed by atoms with van der Waals surface area (Å²) in [4.78, 5) is 14.7. The normalized spacial score (nSPS) is 8.90. The number of hydrogen-bond donors (Lipinski definition) is 1. The van der Waals surface area contributed by atoms with E-state index in [1.165, 1.54) is 0 Å². The molecule has 0 aliphatic carbocycles. The zero-order valence-electron chi connectivity index (χ0n) is 5.66. The highest BCUT2D eigenvalue weighted by atomic mass is 16.1. The number of carbonyl (C=O) groups is 1. The third-order valence-electron chi connectivity index (χ3n) is 1.12. The van der Waals surface area contributed by atoms with Gasteiger partial charge in [-0.3, -0.25) is 9.78 Å². The number of nitrogens with zero attached hydrogens (tertiary/aromatic N) is 1. The van der Waals surface area contributed by atoms with E-state index in [0.29, 0.717) is 5.69 Å². The van der Waals surface area contributed by atoms with Gasteiger partial charge in [-0.05, 0) is 12.1 Å². The highest BCUT2D eigenvalue weighted by molar-refractivity contribution is 5.91. The molecular weight excluding hydrogens is 128 g/mol. The molecule has 54 valence electrons. The Bertz CT molecular complexity index is 225. The summed E-state index contributed by atoms with van der Waals surface area (Å²) in [5.74, 6) is -0.152. The maximum absolute atomic E-state index is 10.8. The highest BCUT2D eigenvalue weighted by Crippen LogP contribution is 1.90. The Hall–Kier alpha value is -1.38. The van der Waals surface area contributed by atoms with Crippen LogP contribution < -0.4 is 5.32 Å². The van der Waals surface area contributed by atoms with Crippen molar-refractivity contribution in [2.45, 2.75) is 0 Å². The monoisotopic (exact) mass is 138 g/mol. The van der Waals surface area contributed by atoms with Gasteiger partial charge in [0, 0.05) is 14.7 Å². The lowest BCUT2D eigenvalue weighted by molar-refractivity contribution is 0.0958. The van der Waals surface area contributed by atoms with E-state index >= 15 is 0 Å². The first-order chi connectivity index (χ1) is 4.84. The van der Waals surface area contributed by atoms with Gasteiger partial charge in [-0.25, -0.2) is 0 Å². The Morgan fingerprint density at radius 3 is 3.00 bits per heavy atom. The molecule has 0 radical (unpaired) electrons. The van der Waals surface area contributed by atoms with Crippen LogP contribution in [0.1, 0.15) is 11.9 Å². The number of hydrogen-bond acceptors (Lipinski definition) is 2. The fraction of sp³-hybridized carbons (Fsp3) is 0.143. The zero-order chi connectivity index (χ0) is 7.40. The Balaban J connectivity index is 0.000001000. The summed E-state index contributed by atoms with van der Waals surface area (Å²) >= 11 is 0. The van der Waals surface area contributed by atoms with Crippen LogP contribution in [0.25, 0.3) is 0 Å². The molecule has 0 saturated carbocycles. The van der Waals surface area contributed by atoms with Gasteiger partial charge >= 0.3 is 0 Å². The van der Waals surface area contributed by atoms with E-state index < -0.39 is 0 Å². The minimum absolute atomic E-state index is 0. The molecule has 1 amide bonds. The van der Waals surface area contributed by atoms with Crippen molar-refractivity contribution >= 4 is 5.91 Å². The molecule has 0 fully saturated rings. The minimum Gasteiger partial charge on any atom is -0.354 e. The lowest BCUT2D eigenvalue weighted by atomic mass is 10.3. The van der Waals surface area contributed by atoms with Gasteiger partial charge in [-0.15, -0.1) is 0 Å². The van der Waals surface area contributed by atoms with Crippen LogP contribution in [0.2, 0.25) is 0 Å². The fourth-order valence-corrected chi connectivity index (χ4v) is 0.625. The zero-order valence-corrected chi connectivity index (χ0v) is 5.66. The Labute approximate surface area is 60.6 Å². The van der Waals surface area contributed by atoms with Crippen molar-refractivity contribution < 1.29 is 6.22 Å². The quantitative estimate of drug-likeness (QED) is 0.620. The molecule has 0 aliphatic rings. The molecule has 1 heterocycles. The number of amides is 1. The summed E-state index contributed by atoms with van der Waals surface area (Å²) in [5.41, 5.74) is 0.449. The van der Waals surface area contributed by atoms with E-state index in [9.17, 15) is 4.79 Å². The number of pyridine rings is 1. The van der Waals surface area contributed by atoms with Gasteiger partial charge < -0.3 is 5.32 Å². The second kappa shape index (κ2) is 2.96. The molecule has 0 aromatic carbocycles. The van der Waals surface area contributed by atoms with Gasteiger partial charge in [0.25, 0.3) is 5.91 Å². The maximum Gasteiger partial charge on any atom is 0.269 e. The number of carbonyl (C=O) groups excluding carboxylic acids is 1. The first kappa shape index (κ1) is 6.74. The molecule has 0 bridgehead atoms. The van der Waals surface area contributed by atoms with Crippen molar-refractivity contribution in [3.8, 4) is 0 Å². The smallest absolute Gasteiger partial charge is 0.269 e. The van der Waals surface area contributed by atoms with Gasteiger partial charge in [0.1, 0.15) is 5.69 Å². The van der Waals surface area contributed by atoms with E-state index in [4.69, 9.17) is 0 Å². The van der Waals surface area contributed by atoms with Crippen LogP contribution in [0.4, 0.5) is 0 Å². The van der Waals surface area contributed by atoms with Crippen molar-refractivity contribution in [2.75, 3.05) is 7.05 Å².